The van der Waals surface area contributed by atoms with Crippen LogP contribution in [0.15, 0.2) is 71.6 Å². The molecule has 1 aliphatic heterocycles. The molecule has 0 fully saturated rings. The second-order valence-electron chi connectivity index (χ2n) is 8.72. The molecule has 0 unspecified atom stereocenters. The Morgan fingerprint density at radius 2 is 1.67 bits per heavy atom. The molecule has 3 aromatic carbocycles. The molecule has 1 aliphatic rings. The molecular weight excluding hydrogens is 434 g/mol. The predicted octanol–water partition coefficient (Wildman–Crippen LogP) is 4.50. The van der Waals surface area contributed by atoms with E-state index in [0.717, 1.165) is 24.2 Å². The van der Waals surface area contributed by atoms with Gasteiger partial charge < -0.3 is 10.2 Å². The SMILES string of the molecule is Cc1ccc(S(=O)(=O)Nc2ccc(N3CCc4ccccc4C3)c(C(=O)NC(C)C)c2)cc1. The van der Waals surface area contributed by atoms with Gasteiger partial charge in [-0.2, -0.15) is 0 Å². The third-order valence-corrected chi connectivity index (χ3v) is 7.11. The first kappa shape index (κ1) is 22.9. The summed E-state index contributed by atoms with van der Waals surface area (Å²) in [4.78, 5) is 15.4. The first-order chi connectivity index (χ1) is 15.7. The highest BCUT2D eigenvalue weighted by Gasteiger charge is 2.23. The van der Waals surface area contributed by atoms with Crippen LogP contribution in [0.3, 0.4) is 0 Å². The van der Waals surface area contributed by atoms with Crippen LogP contribution in [0.5, 0.6) is 0 Å². The van der Waals surface area contributed by atoms with Crippen molar-refractivity contribution in [2.45, 2.75) is 44.7 Å². The van der Waals surface area contributed by atoms with Crippen molar-refractivity contribution in [3.05, 3.63) is 89.0 Å². The van der Waals surface area contributed by atoms with Gasteiger partial charge in [-0.1, -0.05) is 42.0 Å². The molecule has 7 heteroatoms. The van der Waals surface area contributed by atoms with E-state index in [9.17, 15) is 13.2 Å². The molecule has 0 saturated carbocycles. The van der Waals surface area contributed by atoms with Crippen molar-refractivity contribution in [2.24, 2.45) is 0 Å². The molecule has 6 nitrogen and oxygen atoms in total. The summed E-state index contributed by atoms with van der Waals surface area (Å²) >= 11 is 0. The summed E-state index contributed by atoms with van der Waals surface area (Å²) in [5, 5.41) is 2.94. The fourth-order valence-corrected chi connectivity index (χ4v) is 5.08. The van der Waals surface area contributed by atoms with Gasteiger partial charge in [0.05, 0.1) is 10.5 Å². The molecule has 1 heterocycles. The lowest BCUT2D eigenvalue weighted by molar-refractivity contribution is 0.0943. The van der Waals surface area contributed by atoms with Gasteiger partial charge in [0.2, 0.25) is 0 Å². The molecule has 2 N–H and O–H groups in total. The minimum absolute atomic E-state index is 0.0414. The molecule has 4 rings (SSSR count). The van der Waals surface area contributed by atoms with E-state index in [1.165, 1.54) is 11.1 Å². The van der Waals surface area contributed by atoms with E-state index in [0.29, 0.717) is 17.8 Å². The van der Waals surface area contributed by atoms with Crippen LogP contribution in [0.2, 0.25) is 0 Å². The lowest BCUT2D eigenvalue weighted by Gasteiger charge is -2.32. The van der Waals surface area contributed by atoms with Crippen molar-refractivity contribution in [2.75, 3.05) is 16.2 Å². The Bertz CT molecular complexity index is 1270. The minimum Gasteiger partial charge on any atom is -0.366 e. The van der Waals surface area contributed by atoms with Crippen LogP contribution >= 0.6 is 0 Å². The number of hydrogen-bond donors (Lipinski definition) is 2. The fraction of sp³-hybridized carbons (Fsp3) is 0.269. The second-order valence-corrected chi connectivity index (χ2v) is 10.4. The zero-order valence-electron chi connectivity index (χ0n) is 19.1. The maximum Gasteiger partial charge on any atom is 0.261 e. The van der Waals surface area contributed by atoms with Crippen LogP contribution in [-0.4, -0.2) is 26.9 Å². The van der Waals surface area contributed by atoms with Gasteiger partial charge >= 0.3 is 0 Å². The molecular formula is C26H29N3O3S. The smallest absolute Gasteiger partial charge is 0.261 e. The highest BCUT2D eigenvalue weighted by molar-refractivity contribution is 7.92. The number of fused-ring (bicyclic) bond motifs is 1. The monoisotopic (exact) mass is 463 g/mol. The van der Waals surface area contributed by atoms with E-state index >= 15 is 0 Å². The van der Waals surface area contributed by atoms with Crippen molar-refractivity contribution >= 4 is 27.3 Å². The summed E-state index contributed by atoms with van der Waals surface area (Å²) < 4.78 is 28.4. The lowest BCUT2D eigenvalue weighted by Crippen LogP contribution is -2.35. The van der Waals surface area contributed by atoms with Crippen molar-refractivity contribution in [1.82, 2.24) is 5.32 Å². The summed E-state index contributed by atoms with van der Waals surface area (Å²) in [6.07, 6.45) is 0.892. The summed E-state index contributed by atoms with van der Waals surface area (Å²) in [6, 6.07) is 20.1. The average molecular weight is 464 g/mol. The van der Waals surface area contributed by atoms with E-state index in [1.807, 2.05) is 39.0 Å². The number of hydrogen-bond acceptors (Lipinski definition) is 4. The summed E-state index contributed by atoms with van der Waals surface area (Å²) in [7, 11) is -3.77. The number of nitrogens with zero attached hydrogens (tertiary/aromatic N) is 1. The topological polar surface area (TPSA) is 78.5 Å². The molecule has 3 aromatic rings. The molecule has 0 atom stereocenters. The Hall–Kier alpha value is -3.32. The number of aryl methyl sites for hydroxylation is 1. The van der Waals surface area contributed by atoms with Crippen LogP contribution in [0.1, 0.15) is 40.9 Å². The van der Waals surface area contributed by atoms with Crippen LogP contribution < -0.4 is 14.9 Å². The van der Waals surface area contributed by atoms with Crippen LogP contribution in [0.25, 0.3) is 0 Å². The van der Waals surface area contributed by atoms with Crippen LogP contribution in [-0.2, 0) is 23.0 Å². The summed E-state index contributed by atoms with van der Waals surface area (Å²) in [5.74, 6) is -0.227. The van der Waals surface area contributed by atoms with Crippen molar-refractivity contribution in [3.8, 4) is 0 Å². The lowest BCUT2D eigenvalue weighted by atomic mass is 9.98. The molecule has 172 valence electrons. The number of rotatable bonds is 6. The summed E-state index contributed by atoms with van der Waals surface area (Å²) in [6.45, 7) is 7.19. The quantitative estimate of drug-likeness (QED) is 0.564. The molecule has 0 radical (unpaired) electrons. The third kappa shape index (κ3) is 5.20. The van der Waals surface area contributed by atoms with Gasteiger partial charge in [0.15, 0.2) is 0 Å². The van der Waals surface area contributed by atoms with E-state index in [-0.39, 0.29) is 16.8 Å². The first-order valence-corrected chi connectivity index (χ1v) is 12.6. The fourth-order valence-electron chi connectivity index (χ4n) is 4.03. The van der Waals surface area contributed by atoms with E-state index in [2.05, 4.69) is 27.1 Å². The Labute approximate surface area is 195 Å². The van der Waals surface area contributed by atoms with Gasteiger partial charge in [0.1, 0.15) is 0 Å². The molecule has 1 amide bonds. The Morgan fingerprint density at radius 1 is 0.970 bits per heavy atom. The minimum atomic E-state index is -3.77. The Balaban J connectivity index is 1.67. The Kier molecular flexibility index (Phi) is 6.42. The zero-order chi connectivity index (χ0) is 23.6. The standard InChI is InChI=1S/C26H29N3O3S/c1-18(2)27-26(30)24-16-22(28-33(31,32)23-11-8-19(3)9-12-23)10-13-25(24)29-15-14-20-6-4-5-7-21(20)17-29/h4-13,16,18,28H,14-15,17H2,1-3H3,(H,27,30). The number of sulfonamides is 1. The number of anilines is 2. The zero-order valence-corrected chi connectivity index (χ0v) is 19.9. The number of nitrogens with one attached hydrogen (secondary N) is 2. The van der Waals surface area contributed by atoms with Gasteiger partial charge in [0.25, 0.3) is 15.9 Å². The molecule has 0 bridgehead atoms. The number of carbonyl (C=O) groups is 1. The van der Waals surface area contributed by atoms with Crippen molar-refractivity contribution in [1.29, 1.82) is 0 Å². The van der Waals surface area contributed by atoms with E-state index < -0.39 is 10.0 Å². The highest BCUT2D eigenvalue weighted by atomic mass is 32.2. The predicted molar refractivity (Wildman–Crippen MR) is 132 cm³/mol. The maximum absolute atomic E-state index is 13.1. The van der Waals surface area contributed by atoms with Gasteiger partial charge in [0, 0.05) is 30.5 Å². The molecule has 33 heavy (non-hydrogen) atoms. The highest BCUT2D eigenvalue weighted by Crippen LogP contribution is 2.30. The normalized spacial score (nSPS) is 13.5. The van der Waals surface area contributed by atoms with Gasteiger partial charge in [-0.25, -0.2) is 8.42 Å². The molecule has 0 spiro atoms. The molecule has 0 saturated heterocycles. The second kappa shape index (κ2) is 9.27. The van der Waals surface area contributed by atoms with Gasteiger partial charge in [-0.05, 0) is 68.7 Å². The number of benzene rings is 3. The Morgan fingerprint density at radius 3 is 2.36 bits per heavy atom. The average Bonchev–Trinajstić information content (AvgIpc) is 2.78. The van der Waals surface area contributed by atoms with E-state index in [1.54, 1.807) is 36.4 Å². The largest absolute Gasteiger partial charge is 0.366 e. The number of amides is 1. The van der Waals surface area contributed by atoms with E-state index in [4.69, 9.17) is 0 Å². The number of carbonyl (C=O) groups excluding carboxylic acids is 1. The first-order valence-electron chi connectivity index (χ1n) is 11.1. The van der Waals surface area contributed by atoms with Gasteiger partial charge in [-0.15, -0.1) is 0 Å². The van der Waals surface area contributed by atoms with Crippen molar-refractivity contribution < 1.29 is 13.2 Å². The molecule has 0 aliphatic carbocycles. The van der Waals surface area contributed by atoms with Gasteiger partial charge in [-0.3, -0.25) is 9.52 Å². The van der Waals surface area contributed by atoms with Crippen LogP contribution in [0.4, 0.5) is 11.4 Å². The molecule has 0 aromatic heterocycles. The van der Waals surface area contributed by atoms with Crippen molar-refractivity contribution in [3.63, 3.8) is 0 Å². The third-order valence-electron chi connectivity index (χ3n) is 5.72. The summed E-state index contributed by atoms with van der Waals surface area (Å²) in [5.41, 5.74) is 5.14. The maximum atomic E-state index is 13.1. The van der Waals surface area contributed by atoms with Crippen LogP contribution in [0, 0.1) is 6.92 Å².